The van der Waals surface area contributed by atoms with Crippen molar-refractivity contribution in [3.8, 4) is 0 Å². The largest absolute Gasteiger partial charge is 0.375 e. The lowest BCUT2D eigenvalue weighted by molar-refractivity contribution is -0.124. The van der Waals surface area contributed by atoms with Crippen LogP contribution >= 0.6 is 0 Å². The maximum atomic E-state index is 10.6. The number of hydrogen-bond acceptors (Lipinski definition) is 2. The molecule has 0 aromatic rings. The summed E-state index contributed by atoms with van der Waals surface area (Å²) >= 11 is 0. The van der Waals surface area contributed by atoms with Crippen LogP contribution in [-0.4, -0.2) is 26.2 Å². The maximum absolute atomic E-state index is 10.6. The molecular weight excluding hydrogens is 154 g/mol. The van der Waals surface area contributed by atoms with Crippen LogP contribution in [0.15, 0.2) is 12.2 Å². The molecule has 0 radical (unpaired) electrons. The summed E-state index contributed by atoms with van der Waals surface area (Å²) < 4.78 is 4.60. The molecule has 1 amide bonds. The molecule has 1 N–H and O–H groups in total. The Morgan fingerprint density at radius 3 is 2.50 bits per heavy atom. The second-order valence-corrected chi connectivity index (χ2v) is 1.81. The normalized spacial score (nSPS) is 9.00. The van der Waals surface area contributed by atoms with E-state index in [2.05, 4.69) is 10.1 Å². The van der Waals surface area contributed by atoms with E-state index in [4.69, 9.17) is 0 Å². The summed E-state index contributed by atoms with van der Waals surface area (Å²) in [4.78, 5) is 10.6. The molecule has 0 unspecified atom stereocenters. The Balaban J connectivity index is 0. The van der Waals surface area contributed by atoms with Gasteiger partial charge >= 0.3 is 0 Å². The van der Waals surface area contributed by atoms with Gasteiger partial charge in [-0.3, -0.25) is 4.79 Å². The number of carbonyl (C=O) groups excluding carboxylic acids is 1. The zero-order valence-electron chi connectivity index (χ0n) is 8.39. The topological polar surface area (TPSA) is 38.3 Å². The van der Waals surface area contributed by atoms with Gasteiger partial charge in [-0.2, -0.15) is 0 Å². The third kappa shape index (κ3) is 11.9. The Labute approximate surface area is 74.8 Å². The van der Waals surface area contributed by atoms with Crippen LogP contribution in [0.5, 0.6) is 0 Å². The SMILES string of the molecule is C/C=C/CNC(=O)COC.CC. The van der Waals surface area contributed by atoms with Gasteiger partial charge < -0.3 is 10.1 Å². The number of rotatable bonds is 4. The van der Waals surface area contributed by atoms with Gasteiger partial charge in [-0.15, -0.1) is 0 Å². The van der Waals surface area contributed by atoms with Crippen molar-refractivity contribution in [2.24, 2.45) is 0 Å². The monoisotopic (exact) mass is 173 g/mol. The van der Waals surface area contributed by atoms with E-state index in [0.717, 1.165) is 0 Å². The second kappa shape index (κ2) is 12.8. The molecule has 0 saturated carbocycles. The van der Waals surface area contributed by atoms with E-state index in [1.54, 1.807) is 0 Å². The molecule has 0 aliphatic carbocycles. The van der Waals surface area contributed by atoms with Gasteiger partial charge in [-0.1, -0.05) is 26.0 Å². The summed E-state index contributed by atoms with van der Waals surface area (Å²) in [5, 5.41) is 2.63. The third-order valence-corrected chi connectivity index (χ3v) is 0.928. The number of carbonyl (C=O) groups is 1. The van der Waals surface area contributed by atoms with Crippen LogP contribution in [0.2, 0.25) is 0 Å². The van der Waals surface area contributed by atoms with Crippen LogP contribution in [0.25, 0.3) is 0 Å². The summed E-state index contributed by atoms with van der Waals surface area (Å²) in [7, 11) is 1.50. The molecule has 0 fully saturated rings. The summed E-state index contributed by atoms with van der Waals surface area (Å²) in [5.41, 5.74) is 0. The highest BCUT2D eigenvalue weighted by Crippen LogP contribution is 1.70. The molecular formula is C9H19NO2. The number of allylic oxidation sites excluding steroid dienone is 1. The number of methoxy groups -OCH3 is 1. The summed E-state index contributed by atoms with van der Waals surface area (Å²) in [6, 6.07) is 0. The van der Waals surface area contributed by atoms with Crippen molar-refractivity contribution in [3.05, 3.63) is 12.2 Å². The molecule has 12 heavy (non-hydrogen) atoms. The molecule has 72 valence electrons. The molecule has 0 rings (SSSR count). The minimum Gasteiger partial charge on any atom is -0.375 e. The van der Waals surface area contributed by atoms with Gasteiger partial charge in [0.1, 0.15) is 6.61 Å². The fourth-order valence-electron chi connectivity index (χ4n) is 0.473. The minimum absolute atomic E-state index is 0.0828. The molecule has 0 atom stereocenters. The Morgan fingerprint density at radius 1 is 1.50 bits per heavy atom. The van der Waals surface area contributed by atoms with E-state index in [1.165, 1.54) is 7.11 Å². The molecule has 0 bridgehead atoms. The van der Waals surface area contributed by atoms with Gasteiger partial charge in [0.05, 0.1) is 0 Å². The predicted molar refractivity (Wildman–Crippen MR) is 51.0 cm³/mol. The van der Waals surface area contributed by atoms with Crippen LogP contribution < -0.4 is 5.32 Å². The van der Waals surface area contributed by atoms with Crippen molar-refractivity contribution in [3.63, 3.8) is 0 Å². The fourth-order valence-corrected chi connectivity index (χ4v) is 0.473. The molecule has 0 heterocycles. The molecule has 0 aromatic heterocycles. The lowest BCUT2D eigenvalue weighted by Crippen LogP contribution is -2.26. The predicted octanol–water partition coefficient (Wildman–Crippen LogP) is 1.35. The van der Waals surface area contributed by atoms with Crippen molar-refractivity contribution >= 4 is 5.91 Å². The molecule has 0 spiro atoms. The van der Waals surface area contributed by atoms with Crippen molar-refractivity contribution < 1.29 is 9.53 Å². The molecule has 3 nitrogen and oxygen atoms in total. The Morgan fingerprint density at radius 2 is 2.08 bits per heavy atom. The standard InChI is InChI=1S/C7H13NO2.C2H6/c1-3-4-5-8-7(9)6-10-2;1-2/h3-4H,5-6H2,1-2H3,(H,8,9);1-2H3/b4-3+;. The number of ether oxygens (including phenoxy) is 1. The summed E-state index contributed by atoms with van der Waals surface area (Å²) in [6.45, 7) is 6.62. The van der Waals surface area contributed by atoms with Crippen LogP contribution in [0.1, 0.15) is 20.8 Å². The van der Waals surface area contributed by atoms with Crippen molar-refractivity contribution in [1.29, 1.82) is 0 Å². The smallest absolute Gasteiger partial charge is 0.246 e. The lowest BCUT2D eigenvalue weighted by Gasteiger charge is -1.98. The zero-order valence-corrected chi connectivity index (χ0v) is 8.39. The minimum atomic E-state index is -0.0828. The zero-order chi connectivity index (χ0) is 9.82. The first-order chi connectivity index (χ1) is 5.81. The van der Waals surface area contributed by atoms with Gasteiger partial charge in [0.25, 0.3) is 0 Å². The molecule has 0 aliphatic rings. The highest BCUT2D eigenvalue weighted by atomic mass is 16.5. The fraction of sp³-hybridized carbons (Fsp3) is 0.667. The first kappa shape index (κ1) is 13.7. The molecule has 3 heteroatoms. The van der Waals surface area contributed by atoms with Crippen molar-refractivity contribution in [2.45, 2.75) is 20.8 Å². The first-order valence-corrected chi connectivity index (χ1v) is 4.18. The van der Waals surface area contributed by atoms with Gasteiger partial charge in [-0.25, -0.2) is 0 Å². The van der Waals surface area contributed by atoms with Crippen molar-refractivity contribution in [2.75, 3.05) is 20.3 Å². The Bertz CT molecular complexity index is 122. The van der Waals surface area contributed by atoms with Crippen molar-refractivity contribution in [1.82, 2.24) is 5.32 Å². The van der Waals surface area contributed by atoms with Gasteiger partial charge in [0, 0.05) is 13.7 Å². The first-order valence-electron chi connectivity index (χ1n) is 4.18. The average Bonchev–Trinajstić information content (AvgIpc) is 2.09. The van der Waals surface area contributed by atoms with E-state index in [-0.39, 0.29) is 12.5 Å². The van der Waals surface area contributed by atoms with Crippen LogP contribution in [0.3, 0.4) is 0 Å². The number of amides is 1. The average molecular weight is 173 g/mol. The van der Waals surface area contributed by atoms with Crippen LogP contribution in [-0.2, 0) is 9.53 Å². The number of hydrogen-bond donors (Lipinski definition) is 1. The van der Waals surface area contributed by atoms with Gasteiger partial charge in [-0.05, 0) is 6.92 Å². The van der Waals surface area contributed by atoms with E-state index >= 15 is 0 Å². The molecule has 0 aliphatic heterocycles. The van der Waals surface area contributed by atoms with E-state index in [1.807, 2.05) is 32.9 Å². The van der Waals surface area contributed by atoms with Crippen LogP contribution in [0.4, 0.5) is 0 Å². The third-order valence-electron chi connectivity index (χ3n) is 0.928. The van der Waals surface area contributed by atoms with E-state index in [9.17, 15) is 4.79 Å². The lowest BCUT2D eigenvalue weighted by atomic mass is 10.5. The highest BCUT2D eigenvalue weighted by Gasteiger charge is 1.94. The second-order valence-electron chi connectivity index (χ2n) is 1.81. The highest BCUT2D eigenvalue weighted by molar-refractivity contribution is 5.77. The van der Waals surface area contributed by atoms with Gasteiger partial charge in [0.15, 0.2) is 0 Å². The van der Waals surface area contributed by atoms with Gasteiger partial charge in [0.2, 0.25) is 5.91 Å². The Hall–Kier alpha value is -0.830. The van der Waals surface area contributed by atoms with Crippen LogP contribution in [0, 0.1) is 0 Å². The van der Waals surface area contributed by atoms with E-state index in [0.29, 0.717) is 6.54 Å². The molecule has 0 saturated heterocycles. The molecule has 0 aromatic carbocycles. The Kier molecular flexibility index (Phi) is 14.7. The quantitative estimate of drug-likeness (QED) is 0.652. The number of nitrogens with one attached hydrogen (secondary N) is 1. The van der Waals surface area contributed by atoms with E-state index < -0.39 is 0 Å². The summed E-state index contributed by atoms with van der Waals surface area (Å²) in [6.07, 6.45) is 3.75. The maximum Gasteiger partial charge on any atom is 0.246 e. The summed E-state index contributed by atoms with van der Waals surface area (Å²) in [5.74, 6) is -0.0828.